The predicted octanol–water partition coefficient (Wildman–Crippen LogP) is -2.51. The lowest BCUT2D eigenvalue weighted by molar-refractivity contribution is -0.172. The van der Waals surface area contributed by atoms with Crippen LogP contribution in [0.5, 0.6) is 0 Å². The Hall–Kier alpha value is -3.33. The Morgan fingerprint density at radius 1 is 0.204 bits per heavy atom. The number of ether oxygens (including phenoxy) is 2. The van der Waals surface area contributed by atoms with E-state index < -0.39 is 261 Å². The van der Waals surface area contributed by atoms with Gasteiger partial charge in [-0.2, -0.15) is 0 Å². The van der Waals surface area contributed by atoms with Crippen LogP contribution in [0.25, 0.3) is 0 Å². The van der Waals surface area contributed by atoms with E-state index in [0.29, 0.717) is 81.5 Å². The number of carbonyl (C=O) groups is 5. The largest absolute Gasteiger partial charge is 0.461 e. The van der Waals surface area contributed by atoms with Gasteiger partial charge in [0.1, 0.15) is 140 Å². The fourth-order valence-electron chi connectivity index (χ4n) is 12.1. The maximum atomic E-state index is 11.6. The van der Waals surface area contributed by atoms with Crippen molar-refractivity contribution in [3.63, 3.8) is 0 Å². The molecule has 0 spiro atoms. The van der Waals surface area contributed by atoms with E-state index in [4.69, 9.17) is 4.74 Å². The topological polar surface area (TPSA) is 832 Å². The van der Waals surface area contributed by atoms with Crippen LogP contribution in [-0.2, 0) is 33.4 Å². The van der Waals surface area contributed by atoms with Gasteiger partial charge in [0.25, 0.3) is 0 Å². The zero-order chi connectivity index (χ0) is 114. The minimum Gasteiger partial charge on any atom is -0.461 e. The van der Waals surface area contributed by atoms with Crippen molar-refractivity contribution in [1.29, 1.82) is 0 Å². The summed E-state index contributed by atoms with van der Waals surface area (Å²) in [5.74, 6) is -1.57. The van der Waals surface area contributed by atoms with Crippen LogP contribution in [0.1, 0.15) is 322 Å². The molecule has 0 saturated heterocycles. The fraction of sp³-hybridized carbons (Fsp3) is 0.949. The van der Waals surface area contributed by atoms with Crippen molar-refractivity contribution in [2.45, 2.75) is 554 Å². The van der Waals surface area contributed by atoms with E-state index in [1.165, 1.54) is 0 Å². The monoisotopic (exact) mass is 2080 g/mol. The van der Waals surface area contributed by atoms with Gasteiger partial charge in [0.2, 0.25) is 0 Å². The molecule has 36 atom stereocenters. The maximum Gasteiger partial charge on any atom is 0.338 e. The van der Waals surface area contributed by atoms with Crippen LogP contribution in [0.15, 0.2) is 0 Å². The van der Waals surface area contributed by atoms with Gasteiger partial charge in [-0.05, 0) is 160 Å². The van der Waals surface area contributed by atoms with E-state index in [1.54, 1.807) is 118 Å². The van der Waals surface area contributed by atoms with Crippen molar-refractivity contribution in [1.82, 2.24) is 0 Å². The summed E-state index contributed by atoms with van der Waals surface area (Å²) in [4.78, 5) is 57.2. The fourth-order valence-corrected chi connectivity index (χ4v) is 12.1. The standard InChI is InChI=1S/C14H28O5.C13H26O5.C12H24O5.C11H24O4.C10H20O6.C10H22O5.C10H20O5.C10H22O4.C9H20O4/c1-4-10(15)12(17)14(19)13(18)11(16)8-6-5-7-9(2)3;1-4-9(14)11(16)13(18)12(17)10(15)7-5-6-8(2)3;1-4-8(13)10(15)12(17)11(16)9(14)6-5-7(2)3;1-4-8(12)10(14)11(15)9(13)6-5-7(2)3;1-4-6(11)7(12)8(13)9(14)10(15)16-5(2)3;1-4-7(11)9(13)10(14)8(12)5-15-6(2)3;1-4-6(11)8(13)10(15)9(14)7(12)5(2)3;1-4-7(11)9(13)10(14)8(12)5-6(2)3;1-4-6(10)8(12)9(13)7(11)5(2)3/h9-10,12-15,17-19H,4-8H2,1-3H3;8-9,11-14,16-18H,4-7H2,1-3H3;7-8,10-13,15-17H,4-6H2,1-3H3;7-15H,4-6H2,1-3H3;5-9,11-14H,4H2,1-3H3;6-14H,4-5H2,1-3H3;5-6,8-11,13-15H,4H2,1-3H3;6-14H,4-5H2,1-3H3;5-13H,4H2,1-3H3/t10-,12-,13+,14+;9-,11-,12+,13+;8-,10-,11+,12+;8-,9+,10-,11-;6-,7-,8+,9-;7-,8+,9-,10-;6-,8-,9+,10+;7-,8+,9-,10-;6-,7+,8-,9-/m111111111/s1. The summed E-state index contributed by atoms with van der Waals surface area (Å²) in [5, 5.41) is 339. The highest BCUT2D eigenvalue weighted by atomic mass is 16.6. The molecular weight excluding hydrogens is 1880 g/mol. The molecule has 0 radical (unpaired) electrons. The first-order valence-corrected chi connectivity index (χ1v) is 50.6. The molecule has 43 heteroatoms. The lowest BCUT2D eigenvalue weighted by atomic mass is 9.94. The van der Waals surface area contributed by atoms with Crippen molar-refractivity contribution in [3.8, 4) is 0 Å². The number of Topliss-reactive ketones (excluding diaryl/α,β-unsaturated/α-hetero) is 4. The van der Waals surface area contributed by atoms with Crippen LogP contribution in [0.3, 0.4) is 0 Å². The molecule has 0 aliphatic heterocycles. The number of hydrogen-bond acceptors (Lipinski definition) is 43. The number of carbonyl (C=O) groups excluding carboxylic acids is 5. The third-order valence-electron chi connectivity index (χ3n) is 22.7. The van der Waals surface area contributed by atoms with Crippen LogP contribution in [0.2, 0.25) is 0 Å². The Morgan fingerprint density at radius 3 is 0.704 bits per heavy atom. The maximum absolute atomic E-state index is 11.6. The molecule has 0 bridgehead atoms. The predicted molar refractivity (Wildman–Crippen MR) is 530 cm³/mol. The molecule has 0 aromatic carbocycles. The highest BCUT2D eigenvalue weighted by Gasteiger charge is 2.41. The summed E-state index contributed by atoms with van der Waals surface area (Å²) < 4.78 is 9.74. The van der Waals surface area contributed by atoms with Gasteiger partial charge >= 0.3 is 5.97 Å². The molecule has 43 nitrogen and oxygen atoms in total. The second-order valence-corrected chi connectivity index (χ2v) is 39.6. The van der Waals surface area contributed by atoms with Crippen molar-refractivity contribution >= 4 is 29.1 Å². The van der Waals surface area contributed by atoms with E-state index in [2.05, 4.69) is 18.6 Å². The van der Waals surface area contributed by atoms with Crippen LogP contribution < -0.4 is 0 Å². The van der Waals surface area contributed by atoms with Gasteiger partial charge in [-0.3, -0.25) is 19.2 Å². The van der Waals surface area contributed by atoms with E-state index in [-0.39, 0.29) is 75.9 Å². The first-order valence-electron chi connectivity index (χ1n) is 50.6. The zero-order valence-electron chi connectivity index (χ0n) is 90.0. The second-order valence-electron chi connectivity index (χ2n) is 39.6. The average Bonchev–Trinajstić information content (AvgIpc) is 0.867. The Morgan fingerprint density at radius 2 is 0.444 bits per heavy atom. The zero-order valence-corrected chi connectivity index (χ0v) is 90.0. The van der Waals surface area contributed by atoms with Crippen molar-refractivity contribution in [2.75, 3.05) is 6.61 Å². The van der Waals surface area contributed by atoms with E-state index in [1.807, 2.05) is 55.4 Å². The average molecular weight is 2080 g/mol. The molecule has 0 unspecified atom stereocenters. The summed E-state index contributed by atoms with van der Waals surface area (Å²) >= 11 is 0. The quantitative estimate of drug-likeness (QED) is 0.0221. The van der Waals surface area contributed by atoms with Gasteiger partial charge in [-0.25, -0.2) is 4.79 Å². The Labute approximate surface area is 844 Å². The third-order valence-corrected chi connectivity index (χ3v) is 22.7. The number of ketones is 4. The lowest BCUT2D eigenvalue weighted by Gasteiger charge is -2.27. The molecule has 0 amide bonds. The Kier molecular flexibility index (Phi) is 97.2. The number of rotatable bonds is 64. The molecular formula is C99H206O43. The molecule has 0 aliphatic carbocycles. The molecule has 0 heterocycles. The molecule has 0 aromatic heterocycles. The molecule has 0 rings (SSSR count). The van der Waals surface area contributed by atoms with Gasteiger partial charge in [0.15, 0.2) is 29.2 Å². The minimum atomic E-state index is -1.86. The van der Waals surface area contributed by atoms with Gasteiger partial charge in [0, 0.05) is 25.2 Å². The Bertz CT molecular complexity index is 2910. The van der Waals surface area contributed by atoms with Crippen LogP contribution in [0, 0.1) is 41.4 Å². The van der Waals surface area contributed by atoms with Crippen molar-refractivity contribution in [2.24, 2.45) is 41.4 Å². The molecule has 0 saturated carbocycles. The first kappa shape index (κ1) is 156. The molecule has 0 fully saturated rings. The second kappa shape index (κ2) is 88.3. The summed E-state index contributed by atoms with van der Waals surface area (Å²) in [6.07, 6.45) is -39.7. The molecule has 860 valence electrons. The molecule has 142 heavy (non-hydrogen) atoms. The molecule has 0 aliphatic rings. The number of aliphatic hydroxyl groups is 36. The lowest BCUT2D eigenvalue weighted by Crippen LogP contribution is -2.48. The summed E-state index contributed by atoms with van der Waals surface area (Å²) in [7, 11) is 0. The summed E-state index contributed by atoms with van der Waals surface area (Å²) in [6.45, 7) is 48.3. The van der Waals surface area contributed by atoms with Crippen molar-refractivity contribution in [3.05, 3.63) is 0 Å². The van der Waals surface area contributed by atoms with Crippen molar-refractivity contribution < 1.29 is 217 Å². The third kappa shape index (κ3) is 72.2. The van der Waals surface area contributed by atoms with E-state index >= 15 is 0 Å². The SMILES string of the molecule is CC[C@@H](O)[C@@H](O)[C@H](O)[C@@H](O)C(=O)C(C)C.CC[C@@H](O)[C@@H](O)[C@H](O)[C@@H](O)C(=O)CCC(C)C.CC[C@@H](O)[C@@H](O)[C@H](O)[C@@H](O)C(=O)CCCC(C)C.CC[C@@H](O)[C@@H](O)[C@H](O)[C@@H](O)C(=O)CCCCC(C)C.CC[C@@H](O)[C@@H](O)[C@H](O)[C@@H](O)C(=O)OC(C)C.CC[C@@H](O)[C@@H](O)[C@H](O)[C@@H](O)C(C)C.CC[C@@H](O)[C@@H](O)[C@H](O)[C@@H](O)CC(C)C.CC[C@@H](O)[C@@H](O)[C@H](O)[C@@H](O)CCC(C)C.CC[C@@H](O)[C@@H](O)[C@H](O)[C@@H](O)COC(C)C. The van der Waals surface area contributed by atoms with E-state index in [0.717, 1.165) is 25.7 Å². The summed E-state index contributed by atoms with van der Waals surface area (Å²) in [6, 6.07) is 0. The summed E-state index contributed by atoms with van der Waals surface area (Å²) in [5.41, 5.74) is 0. The van der Waals surface area contributed by atoms with Gasteiger partial charge in [-0.15, -0.1) is 0 Å². The minimum absolute atomic E-state index is 0.0555. The number of aliphatic hydroxyl groups excluding tert-OH is 36. The normalized spacial score (nSPS) is 19.4. The van der Waals surface area contributed by atoms with Gasteiger partial charge in [-0.1, -0.05) is 179 Å². The van der Waals surface area contributed by atoms with Gasteiger partial charge < -0.3 is 193 Å². The molecule has 0 aromatic rings. The van der Waals surface area contributed by atoms with Gasteiger partial charge in [0.05, 0.1) is 92.1 Å². The number of unbranched alkanes of at least 4 members (excludes halogenated alkanes) is 1. The highest BCUT2D eigenvalue weighted by Crippen LogP contribution is 2.23. The number of hydrogen-bond donors (Lipinski definition) is 36. The van der Waals surface area contributed by atoms with Crippen LogP contribution in [-0.4, -0.2) is 451 Å². The number of esters is 1. The molecule has 36 N–H and O–H groups in total. The van der Waals surface area contributed by atoms with E-state index in [9.17, 15) is 208 Å². The van der Waals surface area contributed by atoms with Crippen LogP contribution in [0.4, 0.5) is 0 Å². The smallest absolute Gasteiger partial charge is 0.338 e. The van der Waals surface area contributed by atoms with Crippen LogP contribution >= 0.6 is 0 Å². The first-order chi connectivity index (χ1) is 65.2. The Balaban J connectivity index is -0.000000201. The highest BCUT2D eigenvalue weighted by molar-refractivity contribution is 5.85.